The van der Waals surface area contributed by atoms with Crippen molar-refractivity contribution in [2.75, 3.05) is 0 Å². The lowest BCUT2D eigenvalue weighted by Crippen LogP contribution is -2.15. The maximum atomic E-state index is 9.42. The van der Waals surface area contributed by atoms with Gasteiger partial charge in [-0.3, -0.25) is 0 Å². The molecule has 64 valence electrons. The van der Waals surface area contributed by atoms with E-state index >= 15 is 0 Å². The van der Waals surface area contributed by atoms with E-state index in [1.165, 1.54) is 0 Å². The number of fused-ring (bicyclic) bond motifs is 1. The van der Waals surface area contributed by atoms with E-state index in [-0.39, 0.29) is 30.1 Å². The summed E-state index contributed by atoms with van der Waals surface area (Å²) in [5, 5.41) is 28.1. The zero-order valence-electron chi connectivity index (χ0n) is 6.35. The zero-order chi connectivity index (χ0) is 8.01. The maximum Gasteiger partial charge on any atom is 0.0597 e. The van der Waals surface area contributed by atoms with Crippen molar-refractivity contribution in [2.24, 2.45) is 11.8 Å². The minimum Gasteiger partial charge on any atom is -0.393 e. The van der Waals surface area contributed by atoms with Gasteiger partial charge in [-0.1, -0.05) is 0 Å². The van der Waals surface area contributed by atoms with Crippen molar-refractivity contribution in [2.45, 2.75) is 37.6 Å². The summed E-state index contributed by atoms with van der Waals surface area (Å²) in [4.78, 5) is 0. The molecule has 2 aliphatic rings. The van der Waals surface area contributed by atoms with Gasteiger partial charge in [-0.05, 0) is 31.1 Å². The summed E-state index contributed by atoms with van der Waals surface area (Å²) >= 11 is 0. The van der Waals surface area contributed by atoms with Gasteiger partial charge in [0, 0.05) is 0 Å². The number of hydrogen-bond acceptors (Lipinski definition) is 3. The lowest BCUT2D eigenvalue weighted by molar-refractivity contribution is 0.0880. The number of aliphatic hydroxyl groups is 3. The third-order valence-electron chi connectivity index (χ3n) is 3.11. The highest BCUT2D eigenvalue weighted by Gasteiger charge is 2.47. The molecule has 0 bridgehead atoms. The molecule has 0 aliphatic heterocycles. The standard InChI is InChI=1S/C8H14O3/c9-4-1-5-6(2-4)8(11)3-7(5)10/h4-11H,1-3H2/t4?,5-,6+,7-,8-/m0/s1. The zero-order valence-corrected chi connectivity index (χ0v) is 6.35. The van der Waals surface area contributed by atoms with Gasteiger partial charge in [0.2, 0.25) is 0 Å². The van der Waals surface area contributed by atoms with Crippen LogP contribution in [-0.2, 0) is 0 Å². The van der Waals surface area contributed by atoms with Crippen LogP contribution in [0, 0.1) is 11.8 Å². The van der Waals surface area contributed by atoms with Crippen molar-refractivity contribution in [3.05, 3.63) is 0 Å². The Morgan fingerprint density at radius 3 is 1.64 bits per heavy atom. The molecule has 3 N–H and O–H groups in total. The van der Waals surface area contributed by atoms with Crippen LogP contribution in [0.5, 0.6) is 0 Å². The van der Waals surface area contributed by atoms with Crippen LogP contribution in [0.1, 0.15) is 19.3 Å². The highest BCUT2D eigenvalue weighted by molar-refractivity contribution is 4.97. The van der Waals surface area contributed by atoms with Crippen molar-refractivity contribution in [3.8, 4) is 0 Å². The molecule has 2 aliphatic carbocycles. The van der Waals surface area contributed by atoms with Gasteiger partial charge in [0.1, 0.15) is 0 Å². The van der Waals surface area contributed by atoms with Gasteiger partial charge in [0.25, 0.3) is 0 Å². The highest BCUT2D eigenvalue weighted by atomic mass is 16.3. The number of hydrogen-bond donors (Lipinski definition) is 3. The molecule has 0 heterocycles. The molecule has 0 aromatic rings. The lowest BCUT2D eigenvalue weighted by Gasteiger charge is -2.11. The Hall–Kier alpha value is -0.120. The van der Waals surface area contributed by atoms with E-state index in [0.717, 1.165) is 0 Å². The minimum atomic E-state index is -0.382. The summed E-state index contributed by atoms with van der Waals surface area (Å²) in [6, 6.07) is 0. The van der Waals surface area contributed by atoms with Crippen LogP contribution in [0.4, 0.5) is 0 Å². The molecule has 1 unspecified atom stereocenters. The molecule has 3 nitrogen and oxygen atoms in total. The predicted molar refractivity (Wildman–Crippen MR) is 38.9 cm³/mol. The number of rotatable bonds is 0. The monoisotopic (exact) mass is 158 g/mol. The second-order valence-electron chi connectivity index (χ2n) is 3.82. The van der Waals surface area contributed by atoms with E-state index in [9.17, 15) is 15.3 Å². The summed E-state index contributed by atoms with van der Waals surface area (Å²) in [7, 11) is 0. The number of aliphatic hydroxyl groups excluding tert-OH is 3. The molecular weight excluding hydrogens is 144 g/mol. The van der Waals surface area contributed by atoms with Gasteiger partial charge in [0.15, 0.2) is 0 Å². The molecule has 2 fully saturated rings. The Bertz CT molecular complexity index is 143. The first-order valence-corrected chi connectivity index (χ1v) is 4.22. The molecule has 0 aromatic heterocycles. The average Bonchev–Trinajstić information content (AvgIpc) is 2.38. The molecule has 0 radical (unpaired) electrons. The minimum absolute atomic E-state index is 0.153. The highest BCUT2D eigenvalue weighted by Crippen LogP contribution is 2.44. The molecular formula is C8H14O3. The van der Waals surface area contributed by atoms with Crippen LogP contribution in [0.3, 0.4) is 0 Å². The first-order chi connectivity index (χ1) is 5.18. The summed E-state index contributed by atoms with van der Waals surface area (Å²) in [5.41, 5.74) is 0. The fourth-order valence-corrected chi connectivity index (χ4v) is 2.56. The van der Waals surface area contributed by atoms with Crippen molar-refractivity contribution in [3.63, 3.8) is 0 Å². The largest absolute Gasteiger partial charge is 0.393 e. The molecule has 0 amide bonds. The molecule has 5 atom stereocenters. The summed E-state index contributed by atoms with van der Waals surface area (Å²) in [6.45, 7) is 0. The van der Waals surface area contributed by atoms with Crippen molar-refractivity contribution < 1.29 is 15.3 Å². The maximum absolute atomic E-state index is 9.42. The first kappa shape index (κ1) is 7.53. The second-order valence-corrected chi connectivity index (χ2v) is 3.82. The second kappa shape index (κ2) is 2.44. The van der Waals surface area contributed by atoms with Crippen LogP contribution in [0.15, 0.2) is 0 Å². The Labute approximate surface area is 65.7 Å². The Balaban J connectivity index is 2.10. The summed E-state index contributed by atoms with van der Waals surface area (Å²) in [5.74, 6) is 0.306. The predicted octanol–water partition coefficient (Wildman–Crippen LogP) is -0.501. The molecule has 2 saturated carbocycles. The van der Waals surface area contributed by atoms with E-state index in [2.05, 4.69) is 0 Å². The Kier molecular flexibility index (Phi) is 1.67. The first-order valence-electron chi connectivity index (χ1n) is 4.22. The van der Waals surface area contributed by atoms with Gasteiger partial charge < -0.3 is 15.3 Å². The molecule has 0 spiro atoms. The van der Waals surface area contributed by atoms with Gasteiger partial charge >= 0.3 is 0 Å². The topological polar surface area (TPSA) is 60.7 Å². The van der Waals surface area contributed by atoms with E-state index in [0.29, 0.717) is 19.3 Å². The fraction of sp³-hybridized carbons (Fsp3) is 1.00. The van der Waals surface area contributed by atoms with E-state index in [4.69, 9.17) is 0 Å². The molecule has 3 heteroatoms. The van der Waals surface area contributed by atoms with Crippen molar-refractivity contribution in [1.82, 2.24) is 0 Å². The SMILES string of the molecule is OC1C[C@@H]2[C@H](C1)[C@@H](O)C[C@@H]2O. The van der Waals surface area contributed by atoms with E-state index < -0.39 is 0 Å². The Morgan fingerprint density at radius 2 is 1.18 bits per heavy atom. The van der Waals surface area contributed by atoms with Crippen LogP contribution in [0.2, 0.25) is 0 Å². The third kappa shape index (κ3) is 1.08. The van der Waals surface area contributed by atoms with Gasteiger partial charge in [-0.15, -0.1) is 0 Å². The van der Waals surface area contributed by atoms with Crippen molar-refractivity contribution >= 4 is 0 Å². The Morgan fingerprint density at radius 1 is 0.727 bits per heavy atom. The van der Waals surface area contributed by atoms with E-state index in [1.54, 1.807) is 0 Å². The van der Waals surface area contributed by atoms with Gasteiger partial charge in [-0.25, -0.2) is 0 Å². The smallest absolute Gasteiger partial charge is 0.0597 e. The van der Waals surface area contributed by atoms with E-state index in [1.807, 2.05) is 0 Å². The fourth-order valence-electron chi connectivity index (χ4n) is 2.56. The summed E-state index contributed by atoms with van der Waals surface area (Å²) < 4.78 is 0. The average molecular weight is 158 g/mol. The van der Waals surface area contributed by atoms with Gasteiger partial charge in [0.05, 0.1) is 18.3 Å². The quantitative estimate of drug-likeness (QED) is 0.445. The normalized spacial score (nSPS) is 51.5. The van der Waals surface area contributed by atoms with Crippen LogP contribution in [-0.4, -0.2) is 33.6 Å². The molecule has 2 rings (SSSR count). The molecule has 11 heavy (non-hydrogen) atoms. The van der Waals surface area contributed by atoms with Crippen LogP contribution in [0.25, 0.3) is 0 Å². The van der Waals surface area contributed by atoms with Crippen molar-refractivity contribution in [1.29, 1.82) is 0 Å². The van der Waals surface area contributed by atoms with Gasteiger partial charge in [-0.2, -0.15) is 0 Å². The molecule has 0 saturated heterocycles. The molecule has 0 aromatic carbocycles. The summed E-state index contributed by atoms with van der Waals surface area (Å²) in [6.07, 6.45) is 0.780. The van der Waals surface area contributed by atoms with Crippen LogP contribution < -0.4 is 0 Å². The third-order valence-corrected chi connectivity index (χ3v) is 3.11. The van der Waals surface area contributed by atoms with Crippen LogP contribution >= 0.6 is 0 Å². The lowest BCUT2D eigenvalue weighted by atomic mass is 9.98.